The van der Waals surface area contributed by atoms with Gasteiger partial charge in [0.1, 0.15) is 0 Å². The molecule has 3 nitrogen and oxygen atoms in total. The highest BCUT2D eigenvalue weighted by Crippen LogP contribution is 2.33. The highest BCUT2D eigenvalue weighted by molar-refractivity contribution is 7.10. The maximum absolute atomic E-state index is 9.05. The van der Waals surface area contributed by atoms with Gasteiger partial charge in [-0.05, 0) is 42.7 Å². The van der Waals surface area contributed by atoms with Gasteiger partial charge in [-0.15, -0.1) is 11.3 Å². The normalized spacial score (nSPS) is 21.2. The van der Waals surface area contributed by atoms with Gasteiger partial charge in [-0.2, -0.15) is 0 Å². The van der Waals surface area contributed by atoms with Crippen LogP contribution in [0.3, 0.4) is 0 Å². The molecule has 1 aromatic heterocycles. The van der Waals surface area contributed by atoms with Crippen LogP contribution >= 0.6 is 11.3 Å². The summed E-state index contributed by atoms with van der Waals surface area (Å²) in [5.41, 5.74) is 1.46. The van der Waals surface area contributed by atoms with Gasteiger partial charge in [0.2, 0.25) is 0 Å². The Labute approximate surface area is 107 Å². The van der Waals surface area contributed by atoms with Crippen LogP contribution in [0.5, 0.6) is 0 Å². The molecule has 0 radical (unpaired) electrons. The zero-order chi connectivity index (χ0) is 12.1. The largest absolute Gasteiger partial charge is 0.396 e. The average Bonchev–Trinajstić information content (AvgIpc) is 2.79. The molecule has 0 saturated heterocycles. The summed E-state index contributed by atoms with van der Waals surface area (Å²) < 4.78 is 5.20. The van der Waals surface area contributed by atoms with Crippen molar-refractivity contribution < 1.29 is 9.84 Å². The smallest absolute Gasteiger partial charge is 0.0616 e. The van der Waals surface area contributed by atoms with Crippen molar-refractivity contribution >= 4 is 11.3 Å². The van der Waals surface area contributed by atoms with Gasteiger partial charge in [0.05, 0.1) is 6.61 Å². The monoisotopic (exact) mass is 255 g/mol. The molecule has 96 valence electrons. The predicted octanol–water partition coefficient (Wildman–Crippen LogP) is 2.11. The van der Waals surface area contributed by atoms with Gasteiger partial charge in [0, 0.05) is 30.7 Å². The Hall–Kier alpha value is -0.420. The van der Waals surface area contributed by atoms with Crippen LogP contribution in [-0.4, -0.2) is 31.5 Å². The SMILES string of the molecule is COCC(CCO)NC1CCCc2sccc21. The van der Waals surface area contributed by atoms with Crippen molar-refractivity contribution in [2.75, 3.05) is 20.3 Å². The number of thiophene rings is 1. The van der Waals surface area contributed by atoms with Crippen LogP contribution in [0.15, 0.2) is 11.4 Å². The number of nitrogens with one attached hydrogen (secondary N) is 1. The summed E-state index contributed by atoms with van der Waals surface area (Å²) in [5, 5.41) is 14.9. The van der Waals surface area contributed by atoms with E-state index in [2.05, 4.69) is 16.8 Å². The van der Waals surface area contributed by atoms with Crippen LogP contribution in [0.4, 0.5) is 0 Å². The Morgan fingerprint density at radius 3 is 3.29 bits per heavy atom. The molecule has 4 heteroatoms. The number of methoxy groups -OCH3 is 1. The molecule has 1 heterocycles. The van der Waals surface area contributed by atoms with Gasteiger partial charge in [-0.3, -0.25) is 0 Å². The van der Waals surface area contributed by atoms with Crippen LogP contribution in [-0.2, 0) is 11.2 Å². The van der Waals surface area contributed by atoms with Crippen LogP contribution < -0.4 is 5.32 Å². The van der Waals surface area contributed by atoms with Gasteiger partial charge >= 0.3 is 0 Å². The molecule has 0 fully saturated rings. The molecule has 0 aromatic carbocycles. The van der Waals surface area contributed by atoms with E-state index in [1.54, 1.807) is 7.11 Å². The first-order chi connectivity index (χ1) is 8.35. The van der Waals surface area contributed by atoms with E-state index in [0.717, 1.165) is 6.42 Å². The van der Waals surface area contributed by atoms with Crippen molar-refractivity contribution in [3.63, 3.8) is 0 Å². The molecule has 0 bridgehead atoms. The Morgan fingerprint density at radius 2 is 2.53 bits per heavy atom. The standard InChI is InChI=1S/C13H21NO2S/c1-16-9-10(5-7-15)14-12-3-2-4-13-11(12)6-8-17-13/h6,8,10,12,14-15H,2-5,7,9H2,1H3. The fraction of sp³-hybridized carbons (Fsp3) is 0.692. The maximum atomic E-state index is 9.05. The summed E-state index contributed by atoms with van der Waals surface area (Å²) >= 11 is 1.86. The number of aryl methyl sites for hydroxylation is 1. The predicted molar refractivity (Wildman–Crippen MR) is 70.5 cm³/mol. The van der Waals surface area contributed by atoms with Gasteiger partial charge < -0.3 is 15.2 Å². The molecule has 2 N–H and O–H groups in total. The van der Waals surface area contributed by atoms with Crippen LogP contribution in [0.25, 0.3) is 0 Å². The quantitative estimate of drug-likeness (QED) is 0.818. The molecule has 0 saturated carbocycles. The first-order valence-electron chi connectivity index (χ1n) is 6.27. The lowest BCUT2D eigenvalue weighted by atomic mass is 9.93. The van der Waals surface area contributed by atoms with Crippen LogP contribution in [0.2, 0.25) is 0 Å². The lowest BCUT2D eigenvalue weighted by Gasteiger charge is -2.28. The molecule has 1 aliphatic rings. The first kappa shape index (κ1) is 13.0. The topological polar surface area (TPSA) is 41.5 Å². The third-order valence-electron chi connectivity index (χ3n) is 3.33. The van der Waals surface area contributed by atoms with E-state index in [0.29, 0.717) is 12.6 Å². The van der Waals surface area contributed by atoms with Crippen molar-refractivity contribution in [3.8, 4) is 0 Å². The van der Waals surface area contributed by atoms with Crippen molar-refractivity contribution in [3.05, 3.63) is 21.9 Å². The zero-order valence-electron chi connectivity index (χ0n) is 10.3. The van der Waals surface area contributed by atoms with E-state index in [9.17, 15) is 0 Å². The van der Waals surface area contributed by atoms with E-state index in [-0.39, 0.29) is 12.6 Å². The Kier molecular flexibility index (Phi) is 4.98. The average molecular weight is 255 g/mol. The fourth-order valence-corrected chi connectivity index (χ4v) is 3.50. The Bertz CT molecular complexity index is 334. The second-order valence-corrected chi connectivity index (χ2v) is 5.58. The minimum atomic E-state index is 0.213. The number of ether oxygens (including phenoxy) is 1. The maximum Gasteiger partial charge on any atom is 0.0616 e. The molecule has 1 aromatic rings. The highest BCUT2D eigenvalue weighted by Gasteiger charge is 2.23. The molecule has 2 unspecified atom stereocenters. The summed E-state index contributed by atoms with van der Waals surface area (Å²) in [6.07, 6.45) is 4.42. The third kappa shape index (κ3) is 3.28. The van der Waals surface area contributed by atoms with Crippen molar-refractivity contribution in [2.24, 2.45) is 0 Å². The molecule has 2 atom stereocenters. The van der Waals surface area contributed by atoms with Gasteiger partial charge in [-0.25, -0.2) is 0 Å². The minimum absolute atomic E-state index is 0.213. The summed E-state index contributed by atoms with van der Waals surface area (Å²) in [4.78, 5) is 1.52. The summed E-state index contributed by atoms with van der Waals surface area (Å²) in [5.74, 6) is 0. The van der Waals surface area contributed by atoms with E-state index < -0.39 is 0 Å². The molecule has 0 spiro atoms. The van der Waals surface area contributed by atoms with Gasteiger partial charge in [0.15, 0.2) is 0 Å². The van der Waals surface area contributed by atoms with Crippen LogP contribution in [0, 0.1) is 0 Å². The van der Waals surface area contributed by atoms with Gasteiger partial charge in [0.25, 0.3) is 0 Å². The molecule has 1 aliphatic carbocycles. The number of hydrogen-bond acceptors (Lipinski definition) is 4. The Balaban J connectivity index is 1.99. The number of aliphatic hydroxyl groups is 1. The third-order valence-corrected chi connectivity index (χ3v) is 4.33. The van der Waals surface area contributed by atoms with Crippen LogP contribution in [0.1, 0.15) is 35.7 Å². The molecular formula is C13H21NO2S. The molecular weight excluding hydrogens is 234 g/mol. The zero-order valence-corrected chi connectivity index (χ0v) is 11.1. The number of fused-ring (bicyclic) bond motifs is 1. The summed E-state index contributed by atoms with van der Waals surface area (Å²) in [6.45, 7) is 0.876. The second kappa shape index (κ2) is 6.50. The molecule has 2 rings (SSSR count). The summed E-state index contributed by atoms with van der Waals surface area (Å²) in [6, 6.07) is 2.93. The second-order valence-electron chi connectivity index (χ2n) is 4.58. The van der Waals surface area contributed by atoms with Crippen molar-refractivity contribution in [2.45, 2.75) is 37.8 Å². The molecule has 0 aliphatic heterocycles. The van der Waals surface area contributed by atoms with Crippen molar-refractivity contribution in [1.29, 1.82) is 0 Å². The van der Waals surface area contributed by atoms with E-state index >= 15 is 0 Å². The van der Waals surface area contributed by atoms with E-state index in [4.69, 9.17) is 9.84 Å². The molecule has 17 heavy (non-hydrogen) atoms. The molecule has 0 amide bonds. The van der Waals surface area contributed by atoms with E-state index in [1.807, 2.05) is 11.3 Å². The van der Waals surface area contributed by atoms with E-state index in [1.165, 1.54) is 29.7 Å². The number of aliphatic hydroxyl groups excluding tert-OH is 1. The first-order valence-corrected chi connectivity index (χ1v) is 7.15. The fourth-order valence-electron chi connectivity index (χ4n) is 2.52. The minimum Gasteiger partial charge on any atom is -0.396 e. The lowest BCUT2D eigenvalue weighted by molar-refractivity contribution is 0.140. The van der Waals surface area contributed by atoms with Crippen molar-refractivity contribution in [1.82, 2.24) is 5.32 Å². The van der Waals surface area contributed by atoms with Gasteiger partial charge in [-0.1, -0.05) is 0 Å². The highest BCUT2D eigenvalue weighted by atomic mass is 32.1. The lowest BCUT2D eigenvalue weighted by Crippen LogP contribution is -2.38. The Morgan fingerprint density at radius 1 is 1.65 bits per heavy atom. The summed E-state index contributed by atoms with van der Waals surface area (Å²) in [7, 11) is 1.71. The number of rotatable bonds is 6. The number of hydrogen-bond donors (Lipinski definition) is 2.